The highest BCUT2D eigenvalue weighted by Gasteiger charge is 2.23. The Balaban J connectivity index is 3.09. The molecular weight excluding hydrogens is 232 g/mol. The molecule has 0 aromatic heterocycles. The first-order valence-corrected chi connectivity index (χ1v) is 5.64. The van der Waals surface area contributed by atoms with E-state index in [4.69, 9.17) is 0 Å². The topological polar surface area (TPSA) is 63.5 Å². The smallest absolute Gasteiger partial charge is 0.282 e. The average molecular weight is 248 g/mol. The predicted octanol–water partition coefficient (Wildman–Crippen LogP) is 2.63. The van der Waals surface area contributed by atoms with E-state index in [-0.39, 0.29) is 17.2 Å². The Hall–Kier alpha value is -2.17. The summed E-state index contributed by atoms with van der Waals surface area (Å²) in [4.78, 5) is 24.1. The molecule has 1 amide bonds. The quantitative estimate of drug-likeness (QED) is 0.457. The summed E-state index contributed by atoms with van der Waals surface area (Å²) >= 11 is 0. The van der Waals surface area contributed by atoms with Crippen molar-refractivity contribution in [2.75, 3.05) is 13.1 Å². The van der Waals surface area contributed by atoms with Gasteiger partial charge in [0.25, 0.3) is 11.6 Å². The number of amides is 1. The first-order chi connectivity index (χ1) is 8.47. The molecule has 18 heavy (non-hydrogen) atoms. The molecule has 0 aliphatic heterocycles. The molecule has 0 radical (unpaired) electrons. The van der Waals surface area contributed by atoms with Crippen LogP contribution in [0, 0.1) is 10.1 Å². The zero-order chi connectivity index (χ0) is 13.7. The molecule has 5 heteroatoms. The number of carbonyl (C=O) groups is 1. The maximum atomic E-state index is 12.2. The van der Waals surface area contributed by atoms with Gasteiger partial charge in [0.2, 0.25) is 0 Å². The third kappa shape index (κ3) is 3.16. The van der Waals surface area contributed by atoms with Crippen LogP contribution < -0.4 is 0 Å². The van der Waals surface area contributed by atoms with Gasteiger partial charge in [-0.3, -0.25) is 14.9 Å². The van der Waals surface area contributed by atoms with Gasteiger partial charge in [0.15, 0.2) is 0 Å². The van der Waals surface area contributed by atoms with Gasteiger partial charge in [0, 0.05) is 19.2 Å². The molecule has 5 nitrogen and oxygen atoms in total. The van der Waals surface area contributed by atoms with Gasteiger partial charge in [-0.15, -0.1) is 0 Å². The van der Waals surface area contributed by atoms with Crippen LogP contribution in [-0.2, 0) is 0 Å². The monoisotopic (exact) mass is 248 g/mol. The Morgan fingerprint density at radius 1 is 1.44 bits per heavy atom. The zero-order valence-corrected chi connectivity index (χ0v) is 10.5. The lowest BCUT2D eigenvalue weighted by Crippen LogP contribution is -2.32. The summed E-state index contributed by atoms with van der Waals surface area (Å²) in [5.74, 6) is -0.340. The molecule has 1 aromatic rings. The number of hydrogen-bond acceptors (Lipinski definition) is 3. The van der Waals surface area contributed by atoms with Crippen LogP contribution in [0.1, 0.15) is 24.2 Å². The summed E-state index contributed by atoms with van der Waals surface area (Å²) in [6, 6.07) is 5.97. The SMILES string of the molecule is C=C(C)CN(CC)C(=O)c1ccccc1[N+](=O)[O-]. The highest BCUT2D eigenvalue weighted by molar-refractivity contribution is 5.98. The maximum Gasteiger partial charge on any atom is 0.282 e. The van der Waals surface area contributed by atoms with Crippen molar-refractivity contribution in [2.45, 2.75) is 13.8 Å². The fourth-order valence-corrected chi connectivity index (χ4v) is 1.64. The van der Waals surface area contributed by atoms with E-state index in [2.05, 4.69) is 6.58 Å². The van der Waals surface area contributed by atoms with Gasteiger partial charge >= 0.3 is 0 Å². The molecule has 0 atom stereocenters. The van der Waals surface area contributed by atoms with Gasteiger partial charge in [-0.1, -0.05) is 24.3 Å². The zero-order valence-electron chi connectivity index (χ0n) is 10.5. The largest absolute Gasteiger partial charge is 0.335 e. The minimum Gasteiger partial charge on any atom is -0.335 e. The fourth-order valence-electron chi connectivity index (χ4n) is 1.64. The van der Waals surface area contributed by atoms with E-state index < -0.39 is 4.92 Å². The molecule has 0 bridgehead atoms. The Labute approximate surface area is 106 Å². The lowest BCUT2D eigenvalue weighted by molar-refractivity contribution is -0.385. The normalized spacial score (nSPS) is 9.89. The molecule has 0 N–H and O–H groups in total. The molecule has 0 spiro atoms. The van der Waals surface area contributed by atoms with Gasteiger partial charge in [-0.2, -0.15) is 0 Å². The van der Waals surface area contributed by atoms with Crippen LogP contribution in [0.3, 0.4) is 0 Å². The first kappa shape index (κ1) is 13.9. The Morgan fingerprint density at radius 3 is 2.56 bits per heavy atom. The molecule has 0 aliphatic carbocycles. The number of para-hydroxylation sites is 1. The highest BCUT2D eigenvalue weighted by atomic mass is 16.6. The molecule has 1 rings (SSSR count). The van der Waals surface area contributed by atoms with E-state index in [9.17, 15) is 14.9 Å². The van der Waals surface area contributed by atoms with Gasteiger partial charge in [0.05, 0.1) is 4.92 Å². The number of nitrogens with zero attached hydrogens (tertiary/aromatic N) is 2. The van der Waals surface area contributed by atoms with Crippen LogP contribution in [0.2, 0.25) is 0 Å². The average Bonchev–Trinajstić information content (AvgIpc) is 2.34. The van der Waals surface area contributed by atoms with E-state index in [1.165, 1.54) is 17.0 Å². The van der Waals surface area contributed by atoms with Gasteiger partial charge in [-0.25, -0.2) is 0 Å². The molecule has 0 heterocycles. The standard InChI is InChI=1S/C13H16N2O3/c1-4-14(9-10(2)3)13(16)11-7-5-6-8-12(11)15(17)18/h5-8H,2,4,9H2,1,3H3. The fraction of sp³-hybridized carbons (Fsp3) is 0.308. The van der Waals surface area contributed by atoms with Crippen LogP contribution >= 0.6 is 0 Å². The van der Waals surface area contributed by atoms with Crippen molar-refractivity contribution in [3.63, 3.8) is 0 Å². The summed E-state index contributed by atoms with van der Waals surface area (Å²) in [6.07, 6.45) is 0. The van der Waals surface area contributed by atoms with Crippen molar-refractivity contribution in [2.24, 2.45) is 0 Å². The number of nitro groups is 1. The van der Waals surface area contributed by atoms with E-state index in [0.717, 1.165) is 5.57 Å². The third-order valence-electron chi connectivity index (χ3n) is 2.46. The number of nitro benzene ring substituents is 1. The first-order valence-electron chi connectivity index (χ1n) is 5.64. The Bertz CT molecular complexity index is 483. The van der Waals surface area contributed by atoms with Gasteiger partial charge in [0.1, 0.15) is 5.56 Å². The van der Waals surface area contributed by atoms with Crippen molar-refractivity contribution < 1.29 is 9.72 Å². The molecular formula is C13H16N2O3. The summed E-state index contributed by atoms with van der Waals surface area (Å²) < 4.78 is 0. The van der Waals surface area contributed by atoms with Crippen molar-refractivity contribution >= 4 is 11.6 Å². The summed E-state index contributed by atoms with van der Waals surface area (Å²) in [5.41, 5.74) is 0.789. The molecule has 96 valence electrons. The molecule has 0 saturated carbocycles. The molecule has 0 unspecified atom stereocenters. The second kappa shape index (κ2) is 5.95. The van der Waals surface area contributed by atoms with Crippen molar-refractivity contribution in [1.29, 1.82) is 0 Å². The second-order valence-corrected chi connectivity index (χ2v) is 4.05. The molecule has 1 aromatic carbocycles. The lowest BCUT2D eigenvalue weighted by Gasteiger charge is -2.20. The number of likely N-dealkylation sites (N-methyl/N-ethyl adjacent to an activating group) is 1. The molecule has 0 fully saturated rings. The highest BCUT2D eigenvalue weighted by Crippen LogP contribution is 2.19. The molecule has 0 aliphatic rings. The number of hydrogen-bond donors (Lipinski definition) is 0. The molecule has 0 saturated heterocycles. The Morgan fingerprint density at radius 2 is 2.06 bits per heavy atom. The van der Waals surface area contributed by atoms with Crippen molar-refractivity contribution in [1.82, 2.24) is 4.90 Å². The minimum absolute atomic E-state index is 0.116. The predicted molar refractivity (Wildman–Crippen MR) is 69.5 cm³/mol. The van der Waals surface area contributed by atoms with E-state index >= 15 is 0 Å². The van der Waals surface area contributed by atoms with Crippen LogP contribution in [0.15, 0.2) is 36.4 Å². The summed E-state index contributed by atoms with van der Waals surface area (Å²) in [5, 5.41) is 10.9. The minimum atomic E-state index is -0.540. The lowest BCUT2D eigenvalue weighted by atomic mass is 10.1. The Kier molecular flexibility index (Phi) is 4.59. The van der Waals surface area contributed by atoms with Crippen LogP contribution in [-0.4, -0.2) is 28.8 Å². The maximum absolute atomic E-state index is 12.2. The third-order valence-corrected chi connectivity index (χ3v) is 2.46. The van der Waals surface area contributed by atoms with E-state index in [0.29, 0.717) is 13.1 Å². The number of carbonyl (C=O) groups excluding carboxylic acids is 1. The van der Waals surface area contributed by atoms with Crippen LogP contribution in [0.4, 0.5) is 5.69 Å². The second-order valence-electron chi connectivity index (χ2n) is 4.05. The number of rotatable bonds is 5. The van der Waals surface area contributed by atoms with Crippen molar-refractivity contribution in [3.05, 3.63) is 52.1 Å². The number of benzene rings is 1. The van der Waals surface area contributed by atoms with Crippen LogP contribution in [0.5, 0.6) is 0 Å². The van der Waals surface area contributed by atoms with E-state index in [1.54, 1.807) is 12.1 Å². The van der Waals surface area contributed by atoms with E-state index in [1.807, 2.05) is 13.8 Å². The van der Waals surface area contributed by atoms with Crippen LogP contribution in [0.25, 0.3) is 0 Å². The summed E-state index contributed by atoms with van der Waals surface area (Å²) in [6.45, 7) is 8.28. The van der Waals surface area contributed by atoms with Gasteiger partial charge in [-0.05, 0) is 19.9 Å². The van der Waals surface area contributed by atoms with Gasteiger partial charge < -0.3 is 4.90 Å². The summed E-state index contributed by atoms with van der Waals surface area (Å²) in [7, 11) is 0. The van der Waals surface area contributed by atoms with Crippen molar-refractivity contribution in [3.8, 4) is 0 Å².